The molecule has 0 spiro atoms. The van der Waals surface area contributed by atoms with Crippen molar-refractivity contribution in [3.63, 3.8) is 0 Å². The molecule has 0 amide bonds. The number of nitriles is 1. The molecule has 5 nitrogen and oxygen atoms in total. The number of anilines is 1. The fourth-order valence-electron chi connectivity index (χ4n) is 2.45. The van der Waals surface area contributed by atoms with Crippen molar-refractivity contribution in [3.05, 3.63) is 96.3 Å². The van der Waals surface area contributed by atoms with Gasteiger partial charge in [-0.3, -0.25) is 0 Å². The summed E-state index contributed by atoms with van der Waals surface area (Å²) in [7, 11) is 3.53. The number of hydrogen-bond donors (Lipinski definition) is 2. The average molecular weight is 418 g/mol. The van der Waals surface area contributed by atoms with Crippen molar-refractivity contribution in [1.29, 1.82) is 5.26 Å². The van der Waals surface area contributed by atoms with E-state index in [-0.39, 0.29) is 0 Å². The van der Waals surface area contributed by atoms with E-state index < -0.39 is 0 Å². The Bertz CT molecular complexity index is 942. The van der Waals surface area contributed by atoms with Gasteiger partial charge in [0.1, 0.15) is 5.82 Å². The molecule has 30 heavy (non-hydrogen) atoms. The lowest BCUT2D eigenvalue weighted by Crippen LogP contribution is -2.00. The van der Waals surface area contributed by atoms with Crippen molar-refractivity contribution < 1.29 is 0 Å². The van der Waals surface area contributed by atoms with E-state index in [0.717, 1.165) is 22.0 Å². The molecule has 3 aromatic rings. The summed E-state index contributed by atoms with van der Waals surface area (Å²) in [4.78, 5) is 9.97. The SMILES string of the molecule is C=CN.C=NC.CNc1ncc(Sc2ccc(C#N)cc2)cc1Cc1ccccc1. The van der Waals surface area contributed by atoms with Crippen LogP contribution >= 0.6 is 11.8 Å². The lowest BCUT2D eigenvalue weighted by molar-refractivity contribution is 1.10. The molecule has 0 saturated heterocycles. The van der Waals surface area contributed by atoms with Crippen molar-refractivity contribution in [1.82, 2.24) is 4.98 Å². The third-order valence-corrected chi connectivity index (χ3v) is 4.60. The summed E-state index contributed by atoms with van der Waals surface area (Å²) in [6.45, 7) is 6.25. The zero-order chi connectivity index (χ0) is 22.2. The predicted octanol–water partition coefficient (Wildman–Crippen LogP) is 5.14. The van der Waals surface area contributed by atoms with E-state index in [0.29, 0.717) is 5.56 Å². The molecular weight excluding hydrogens is 390 g/mol. The zero-order valence-electron chi connectivity index (χ0n) is 17.4. The summed E-state index contributed by atoms with van der Waals surface area (Å²) in [6.07, 6.45) is 3.97. The van der Waals surface area contributed by atoms with Crippen LogP contribution in [0.1, 0.15) is 16.7 Å². The van der Waals surface area contributed by atoms with Gasteiger partial charge >= 0.3 is 0 Å². The third-order valence-electron chi connectivity index (χ3n) is 3.63. The highest BCUT2D eigenvalue weighted by atomic mass is 32.2. The average Bonchev–Trinajstić information content (AvgIpc) is 2.76. The topological polar surface area (TPSA) is 87.1 Å². The van der Waals surface area contributed by atoms with Crippen molar-refractivity contribution in [3.8, 4) is 6.07 Å². The van der Waals surface area contributed by atoms with Crippen LogP contribution in [-0.4, -0.2) is 25.8 Å². The molecule has 1 aromatic heterocycles. The normalized spacial score (nSPS) is 8.97. The van der Waals surface area contributed by atoms with Crippen LogP contribution in [0.5, 0.6) is 0 Å². The van der Waals surface area contributed by atoms with Crippen molar-refractivity contribution in [2.75, 3.05) is 19.4 Å². The minimum atomic E-state index is 0.674. The Morgan fingerprint density at radius 2 is 1.77 bits per heavy atom. The Labute approximate surface area is 183 Å². The van der Waals surface area contributed by atoms with Gasteiger partial charge in [0.25, 0.3) is 0 Å². The lowest BCUT2D eigenvalue weighted by Gasteiger charge is -2.10. The van der Waals surface area contributed by atoms with Crippen molar-refractivity contribution in [2.45, 2.75) is 16.2 Å². The quantitative estimate of drug-likeness (QED) is 0.561. The predicted molar refractivity (Wildman–Crippen MR) is 128 cm³/mol. The second-order valence-electron chi connectivity index (χ2n) is 5.88. The maximum Gasteiger partial charge on any atom is 0.129 e. The smallest absolute Gasteiger partial charge is 0.129 e. The van der Waals surface area contributed by atoms with Gasteiger partial charge in [0.15, 0.2) is 0 Å². The molecule has 6 heteroatoms. The molecular formula is C24H27N5S. The number of aliphatic imine (C=N–C) groups is 1. The monoisotopic (exact) mass is 417 g/mol. The highest BCUT2D eigenvalue weighted by Gasteiger charge is 2.07. The summed E-state index contributed by atoms with van der Waals surface area (Å²) in [5.74, 6) is 0.906. The van der Waals surface area contributed by atoms with Crippen LogP contribution in [-0.2, 0) is 6.42 Å². The highest BCUT2D eigenvalue weighted by molar-refractivity contribution is 7.99. The van der Waals surface area contributed by atoms with Crippen LogP contribution in [0.3, 0.4) is 0 Å². The second kappa shape index (κ2) is 14.4. The summed E-state index contributed by atoms with van der Waals surface area (Å²) >= 11 is 1.65. The van der Waals surface area contributed by atoms with Gasteiger partial charge in [-0.1, -0.05) is 48.7 Å². The summed E-state index contributed by atoms with van der Waals surface area (Å²) in [6, 6.07) is 22.3. The number of hydrogen-bond acceptors (Lipinski definition) is 6. The van der Waals surface area contributed by atoms with E-state index in [1.807, 2.05) is 43.6 Å². The van der Waals surface area contributed by atoms with E-state index in [9.17, 15) is 0 Å². The molecule has 154 valence electrons. The zero-order valence-corrected chi connectivity index (χ0v) is 18.2. The number of aromatic nitrogens is 1. The Balaban J connectivity index is 0.000000672. The van der Waals surface area contributed by atoms with Gasteiger partial charge < -0.3 is 16.0 Å². The molecule has 0 unspecified atom stereocenters. The van der Waals surface area contributed by atoms with E-state index >= 15 is 0 Å². The standard InChI is InChI=1S/C20H17N3S.2C2H5N/c1-22-20-17(11-15-5-3-2-4-6-15)12-19(14-23-20)24-18-9-7-16(13-21)8-10-18;1-3-2;1-2-3/h2-10,12,14H,11H2,1H3,(H,22,23);1H2,2H3;2H,1,3H2. The van der Waals surface area contributed by atoms with Gasteiger partial charge in [0.2, 0.25) is 0 Å². The van der Waals surface area contributed by atoms with E-state index in [1.165, 1.54) is 17.3 Å². The maximum atomic E-state index is 8.88. The number of rotatable bonds is 5. The van der Waals surface area contributed by atoms with Crippen molar-refractivity contribution >= 4 is 24.3 Å². The van der Waals surface area contributed by atoms with Crippen LogP contribution in [0.25, 0.3) is 0 Å². The van der Waals surface area contributed by atoms with E-state index in [4.69, 9.17) is 5.26 Å². The minimum Gasteiger partial charge on any atom is -0.405 e. The molecule has 0 radical (unpaired) electrons. The Kier molecular flexibility index (Phi) is 11.8. The van der Waals surface area contributed by atoms with Crippen molar-refractivity contribution in [2.24, 2.45) is 10.7 Å². The maximum absolute atomic E-state index is 8.88. The number of benzene rings is 2. The molecule has 0 aliphatic carbocycles. The van der Waals surface area contributed by atoms with E-state index in [2.05, 4.69) is 70.7 Å². The van der Waals surface area contributed by atoms with Crippen LogP contribution in [0.4, 0.5) is 5.82 Å². The summed E-state index contributed by atoms with van der Waals surface area (Å²) < 4.78 is 0. The fraction of sp³-hybridized carbons (Fsp3) is 0.125. The highest BCUT2D eigenvalue weighted by Crippen LogP contribution is 2.30. The largest absolute Gasteiger partial charge is 0.405 e. The molecule has 0 bridgehead atoms. The first-order valence-electron chi connectivity index (χ1n) is 9.17. The molecule has 0 aliphatic heterocycles. The number of nitrogens with two attached hydrogens (primary N) is 1. The fourth-order valence-corrected chi connectivity index (χ4v) is 3.30. The number of nitrogens with one attached hydrogen (secondary N) is 1. The molecule has 0 aliphatic rings. The first-order valence-corrected chi connectivity index (χ1v) is 9.99. The van der Waals surface area contributed by atoms with Crippen LogP contribution in [0.2, 0.25) is 0 Å². The number of pyridine rings is 1. The number of nitrogens with zero attached hydrogens (tertiary/aromatic N) is 3. The second-order valence-corrected chi connectivity index (χ2v) is 7.03. The first kappa shape index (κ1) is 24.5. The van der Waals surface area contributed by atoms with Crippen LogP contribution in [0.15, 0.2) is 94.4 Å². The van der Waals surface area contributed by atoms with Gasteiger partial charge in [0.05, 0.1) is 11.6 Å². The van der Waals surface area contributed by atoms with Gasteiger partial charge in [-0.2, -0.15) is 5.26 Å². The summed E-state index contributed by atoms with van der Waals surface area (Å²) in [5.41, 5.74) is 7.71. The first-order chi connectivity index (χ1) is 14.6. The summed E-state index contributed by atoms with van der Waals surface area (Å²) in [5, 5.41) is 12.0. The molecule has 0 fully saturated rings. The van der Waals surface area contributed by atoms with Gasteiger partial charge in [-0.05, 0) is 54.4 Å². The van der Waals surface area contributed by atoms with Crippen LogP contribution < -0.4 is 11.1 Å². The Hall–Kier alpha value is -3.56. The molecule has 1 heterocycles. The molecule has 0 atom stereocenters. The Morgan fingerprint density at radius 3 is 2.30 bits per heavy atom. The minimum absolute atomic E-state index is 0.674. The van der Waals surface area contributed by atoms with Gasteiger partial charge in [0, 0.05) is 36.5 Å². The third kappa shape index (κ3) is 8.63. The van der Waals surface area contributed by atoms with E-state index in [1.54, 1.807) is 18.8 Å². The molecule has 0 saturated carbocycles. The van der Waals surface area contributed by atoms with Crippen LogP contribution in [0, 0.1) is 11.3 Å². The molecule has 2 aromatic carbocycles. The van der Waals surface area contributed by atoms with Gasteiger partial charge in [-0.15, -0.1) is 0 Å². The molecule has 3 N–H and O–H groups in total. The lowest BCUT2D eigenvalue weighted by atomic mass is 10.1. The van der Waals surface area contributed by atoms with Gasteiger partial charge in [-0.25, -0.2) is 4.98 Å². The Morgan fingerprint density at radius 1 is 1.17 bits per heavy atom. The molecule has 3 rings (SSSR count).